The minimum atomic E-state index is 0.134. The zero-order valence-corrected chi connectivity index (χ0v) is 14.6. The van der Waals surface area contributed by atoms with Crippen molar-refractivity contribution in [1.82, 2.24) is 9.80 Å². The molecule has 0 bridgehead atoms. The van der Waals surface area contributed by atoms with Gasteiger partial charge in [-0.2, -0.15) is 0 Å². The van der Waals surface area contributed by atoms with Crippen LogP contribution in [0.4, 0.5) is 0 Å². The third-order valence-corrected chi connectivity index (χ3v) is 5.71. The smallest absolute Gasteiger partial charge is 0.227 e. The summed E-state index contributed by atoms with van der Waals surface area (Å²) < 4.78 is 11.4. The second-order valence-electron chi connectivity index (χ2n) is 7.64. The van der Waals surface area contributed by atoms with Crippen molar-refractivity contribution in [2.75, 3.05) is 39.4 Å². The lowest BCUT2D eigenvalue weighted by Gasteiger charge is -2.35. The Kier molecular flexibility index (Phi) is 4.63. The standard InChI is InChI=1S/C19H28N2O3/c1-14-11-17(14)18-5-4-16(24-18)13-20-6-2-3-15(12-20)19(22)21-7-9-23-10-8-21/h4-5,14-15,17H,2-3,6-13H2,1H3/t14-,15-,17+/m1/s1. The highest BCUT2D eigenvalue weighted by atomic mass is 16.5. The van der Waals surface area contributed by atoms with Gasteiger partial charge in [0.2, 0.25) is 5.91 Å². The molecule has 1 aromatic heterocycles. The van der Waals surface area contributed by atoms with E-state index in [4.69, 9.17) is 9.15 Å². The SMILES string of the molecule is C[C@@H]1C[C@@H]1c1ccc(CN2CCC[C@@H](C(=O)N3CCOCC3)C2)o1. The van der Waals surface area contributed by atoms with Gasteiger partial charge in [-0.15, -0.1) is 0 Å². The van der Waals surface area contributed by atoms with Crippen LogP contribution in [0.3, 0.4) is 0 Å². The number of carbonyl (C=O) groups is 1. The molecule has 0 N–H and O–H groups in total. The summed E-state index contributed by atoms with van der Waals surface area (Å²) >= 11 is 0. The Morgan fingerprint density at radius 3 is 2.79 bits per heavy atom. The molecular formula is C19H28N2O3. The third-order valence-electron chi connectivity index (χ3n) is 5.71. The van der Waals surface area contributed by atoms with E-state index in [1.807, 2.05) is 4.90 Å². The highest BCUT2D eigenvalue weighted by molar-refractivity contribution is 5.79. The van der Waals surface area contributed by atoms with Gasteiger partial charge in [0, 0.05) is 25.6 Å². The first-order valence-corrected chi connectivity index (χ1v) is 9.38. The van der Waals surface area contributed by atoms with Crippen LogP contribution in [-0.4, -0.2) is 55.1 Å². The Labute approximate surface area is 143 Å². The van der Waals surface area contributed by atoms with Crippen LogP contribution in [0.2, 0.25) is 0 Å². The summed E-state index contributed by atoms with van der Waals surface area (Å²) in [7, 11) is 0. The van der Waals surface area contributed by atoms with E-state index < -0.39 is 0 Å². The number of rotatable bonds is 4. The minimum absolute atomic E-state index is 0.134. The summed E-state index contributed by atoms with van der Waals surface area (Å²) in [6, 6.07) is 4.26. The molecule has 0 radical (unpaired) electrons. The second kappa shape index (κ2) is 6.89. The Morgan fingerprint density at radius 1 is 1.25 bits per heavy atom. The lowest BCUT2D eigenvalue weighted by atomic mass is 9.96. The quantitative estimate of drug-likeness (QED) is 0.850. The molecular weight excluding hydrogens is 304 g/mol. The number of furan rings is 1. The van der Waals surface area contributed by atoms with Crippen LogP contribution < -0.4 is 0 Å². The van der Waals surface area contributed by atoms with Crippen LogP contribution in [0.1, 0.15) is 43.6 Å². The maximum atomic E-state index is 12.7. The fourth-order valence-corrected chi connectivity index (χ4v) is 4.06. The van der Waals surface area contributed by atoms with Crippen molar-refractivity contribution in [3.63, 3.8) is 0 Å². The number of nitrogens with zero attached hydrogens (tertiary/aromatic N) is 2. The van der Waals surface area contributed by atoms with Gasteiger partial charge < -0.3 is 14.1 Å². The molecule has 1 aliphatic carbocycles. The van der Waals surface area contributed by atoms with E-state index in [0.29, 0.717) is 25.0 Å². The fourth-order valence-electron chi connectivity index (χ4n) is 4.06. The van der Waals surface area contributed by atoms with Gasteiger partial charge in [0.15, 0.2) is 0 Å². The van der Waals surface area contributed by atoms with Gasteiger partial charge in [0.05, 0.1) is 25.7 Å². The molecule has 24 heavy (non-hydrogen) atoms. The molecule has 3 heterocycles. The first-order valence-electron chi connectivity index (χ1n) is 9.38. The van der Waals surface area contributed by atoms with E-state index in [-0.39, 0.29) is 5.92 Å². The van der Waals surface area contributed by atoms with E-state index in [9.17, 15) is 4.79 Å². The van der Waals surface area contributed by atoms with Crippen molar-refractivity contribution in [3.05, 3.63) is 23.7 Å². The number of piperidine rings is 1. The van der Waals surface area contributed by atoms with Gasteiger partial charge in [-0.3, -0.25) is 9.69 Å². The van der Waals surface area contributed by atoms with Gasteiger partial charge in [-0.05, 0) is 43.9 Å². The van der Waals surface area contributed by atoms with Gasteiger partial charge >= 0.3 is 0 Å². The summed E-state index contributed by atoms with van der Waals surface area (Å²) in [4.78, 5) is 17.1. The molecule has 0 aromatic carbocycles. The average Bonchev–Trinajstić information content (AvgIpc) is 3.17. The van der Waals surface area contributed by atoms with Crippen LogP contribution in [0.5, 0.6) is 0 Å². The zero-order valence-electron chi connectivity index (χ0n) is 14.6. The lowest BCUT2D eigenvalue weighted by Crippen LogP contribution is -2.48. The number of hydrogen-bond donors (Lipinski definition) is 0. The van der Waals surface area contributed by atoms with E-state index in [0.717, 1.165) is 63.0 Å². The molecule has 3 atom stereocenters. The molecule has 1 aromatic rings. The molecule has 2 aliphatic heterocycles. The topological polar surface area (TPSA) is 45.9 Å². The second-order valence-corrected chi connectivity index (χ2v) is 7.64. The van der Waals surface area contributed by atoms with Crippen molar-refractivity contribution in [2.45, 2.75) is 38.6 Å². The predicted octanol–water partition coefficient (Wildman–Crippen LogP) is 2.47. The number of hydrogen-bond acceptors (Lipinski definition) is 4. The number of likely N-dealkylation sites (tertiary alicyclic amines) is 1. The molecule has 3 aliphatic rings. The van der Waals surface area contributed by atoms with Gasteiger partial charge in [0.25, 0.3) is 0 Å². The van der Waals surface area contributed by atoms with Crippen molar-refractivity contribution in [2.24, 2.45) is 11.8 Å². The largest absolute Gasteiger partial charge is 0.464 e. The van der Waals surface area contributed by atoms with Crippen LogP contribution in [0, 0.1) is 11.8 Å². The molecule has 132 valence electrons. The number of ether oxygens (including phenoxy) is 1. The van der Waals surface area contributed by atoms with Crippen molar-refractivity contribution in [3.8, 4) is 0 Å². The lowest BCUT2D eigenvalue weighted by molar-refractivity contribution is -0.141. The third kappa shape index (κ3) is 3.52. The van der Waals surface area contributed by atoms with Crippen LogP contribution in [0.15, 0.2) is 16.5 Å². The normalized spacial score (nSPS) is 31.2. The highest BCUT2D eigenvalue weighted by Gasteiger charge is 2.37. The maximum absolute atomic E-state index is 12.7. The summed E-state index contributed by atoms with van der Waals surface area (Å²) in [5.41, 5.74) is 0. The highest BCUT2D eigenvalue weighted by Crippen LogP contribution is 2.47. The summed E-state index contributed by atoms with van der Waals surface area (Å²) in [6.45, 7) is 7.86. The van der Waals surface area contributed by atoms with E-state index in [1.54, 1.807) is 0 Å². The summed E-state index contributed by atoms with van der Waals surface area (Å²) in [5, 5.41) is 0. The fraction of sp³-hybridized carbons (Fsp3) is 0.737. The minimum Gasteiger partial charge on any atom is -0.464 e. The van der Waals surface area contributed by atoms with Gasteiger partial charge in [0.1, 0.15) is 11.5 Å². The first-order chi connectivity index (χ1) is 11.7. The monoisotopic (exact) mass is 332 g/mol. The zero-order chi connectivity index (χ0) is 16.5. The Bertz CT molecular complexity index is 579. The molecule has 1 amide bonds. The predicted molar refractivity (Wildman–Crippen MR) is 90.6 cm³/mol. The van der Waals surface area contributed by atoms with Crippen molar-refractivity contribution >= 4 is 5.91 Å². The molecule has 3 fully saturated rings. The van der Waals surface area contributed by atoms with E-state index in [1.165, 1.54) is 6.42 Å². The number of carbonyl (C=O) groups excluding carboxylic acids is 1. The first kappa shape index (κ1) is 16.2. The molecule has 1 saturated carbocycles. The Morgan fingerprint density at radius 2 is 2.04 bits per heavy atom. The molecule has 4 rings (SSSR count). The molecule has 2 saturated heterocycles. The maximum Gasteiger partial charge on any atom is 0.227 e. The molecule has 5 heteroatoms. The summed E-state index contributed by atoms with van der Waals surface area (Å²) in [5.74, 6) is 4.05. The average molecular weight is 332 g/mol. The molecule has 0 unspecified atom stereocenters. The van der Waals surface area contributed by atoms with E-state index in [2.05, 4.69) is 24.0 Å². The number of amides is 1. The summed E-state index contributed by atoms with van der Waals surface area (Å²) in [6.07, 6.45) is 3.36. The van der Waals surface area contributed by atoms with Gasteiger partial charge in [-0.25, -0.2) is 0 Å². The molecule has 0 spiro atoms. The van der Waals surface area contributed by atoms with Crippen molar-refractivity contribution < 1.29 is 13.9 Å². The Hall–Kier alpha value is -1.33. The number of morpholine rings is 1. The van der Waals surface area contributed by atoms with Crippen LogP contribution >= 0.6 is 0 Å². The van der Waals surface area contributed by atoms with Crippen LogP contribution in [-0.2, 0) is 16.1 Å². The van der Waals surface area contributed by atoms with Crippen LogP contribution in [0.25, 0.3) is 0 Å². The van der Waals surface area contributed by atoms with Gasteiger partial charge in [-0.1, -0.05) is 6.92 Å². The van der Waals surface area contributed by atoms with E-state index >= 15 is 0 Å². The Balaban J connectivity index is 1.32. The molecule has 5 nitrogen and oxygen atoms in total. The van der Waals surface area contributed by atoms with Crippen molar-refractivity contribution in [1.29, 1.82) is 0 Å².